The second-order valence-corrected chi connectivity index (χ2v) is 7.13. The van der Waals surface area contributed by atoms with E-state index in [4.69, 9.17) is 0 Å². The summed E-state index contributed by atoms with van der Waals surface area (Å²) in [5.41, 5.74) is 1.64. The Hall–Kier alpha value is -2.93. The van der Waals surface area contributed by atoms with Gasteiger partial charge in [-0.15, -0.1) is 0 Å². The summed E-state index contributed by atoms with van der Waals surface area (Å²) >= 11 is 1.50. The number of fused-ring (bicyclic) bond motifs is 1. The molecule has 0 spiro atoms. The number of aromatic nitrogens is 2. The van der Waals surface area contributed by atoms with E-state index < -0.39 is 0 Å². The van der Waals surface area contributed by atoms with Crippen LogP contribution in [-0.2, 0) is 0 Å². The Balaban J connectivity index is 1.36. The molecule has 2 amide bonds. The molecule has 0 saturated heterocycles. The Labute approximate surface area is 159 Å². The monoisotopic (exact) mass is 381 g/mol. The molecule has 0 saturated carbocycles. The molecular formula is C20H16FN3O2S. The van der Waals surface area contributed by atoms with Gasteiger partial charge in [-0.2, -0.15) is 0 Å². The van der Waals surface area contributed by atoms with Gasteiger partial charge in [0.25, 0.3) is 11.8 Å². The minimum Gasteiger partial charge on any atom is -0.295 e. The Kier molecular flexibility index (Phi) is 4.77. The molecule has 0 radical (unpaired) electrons. The first kappa shape index (κ1) is 17.5. The van der Waals surface area contributed by atoms with Crippen molar-refractivity contribution in [2.45, 2.75) is 11.6 Å². The molecule has 0 aliphatic carbocycles. The third kappa shape index (κ3) is 3.38. The van der Waals surface area contributed by atoms with E-state index >= 15 is 0 Å². The van der Waals surface area contributed by atoms with Crippen LogP contribution in [0.4, 0.5) is 4.39 Å². The van der Waals surface area contributed by atoms with Crippen LogP contribution in [0.2, 0.25) is 0 Å². The summed E-state index contributed by atoms with van der Waals surface area (Å²) in [6.45, 7) is 0.361. The Morgan fingerprint density at radius 2 is 1.74 bits per heavy atom. The van der Waals surface area contributed by atoms with Crippen LogP contribution in [0.5, 0.6) is 0 Å². The van der Waals surface area contributed by atoms with Crippen molar-refractivity contribution in [2.75, 3.05) is 12.3 Å². The number of carbonyl (C=O) groups excluding carboxylic acids is 2. The van der Waals surface area contributed by atoms with Crippen LogP contribution in [0.25, 0.3) is 5.69 Å². The molecule has 2 aromatic carbocycles. The molecule has 0 unspecified atom stereocenters. The third-order valence-corrected chi connectivity index (χ3v) is 5.38. The predicted octanol–water partition coefficient (Wildman–Crippen LogP) is 3.79. The number of thioether (sulfide) groups is 1. The maximum Gasteiger partial charge on any atom is 0.261 e. The van der Waals surface area contributed by atoms with Gasteiger partial charge in [-0.05, 0) is 36.8 Å². The number of benzene rings is 2. The average Bonchev–Trinajstić information content (AvgIpc) is 3.24. The molecular weight excluding hydrogens is 365 g/mol. The highest BCUT2D eigenvalue weighted by molar-refractivity contribution is 7.99. The smallest absolute Gasteiger partial charge is 0.261 e. The van der Waals surface area contributed by atoms with Crippen LogP contribution in [0.3, 0.4) is 0 Å². The molecule has 5 nitrogen and oxygen atoms in total. The molecule has 27 heavy (non-hydrogen) atoms. The number of imide groups is 1. The molecule has 4 rings (SSSR count). The second kappa shape index (κ2) is 7.36. The van der Waals surface area contributed by atoms with E-state index in [1.807, 2.05) is 10.6 Å². The van der Waals surface area contributed by atoms with Gasteiger partial charge in [0, 0.05) is 24.7 Å². The molecule has 0 fully saturated rings. The Morgan fingerprint density at radius 3 is 2.44 bits per heavy atom. The summed E-state index contributed by atoms with van der Waals surface area (Å²) in [4.78, 5) is 30.3. The van der Waals surface area contributed by atoms with E-state index in [0.29, 0.717) is 35.5 Å². The van der Waals surface area contributed by atoms with Gasteiger partial charge in [-0.1, -0.05) is 30.0 Å². The SMILES string of the molecule is O=C1c2ccccc2C(=O)N1CCCSc1nccn1-c1cccc(F)c1. The van der Waals surface area contributed by atoms with Gasteiger partial charge in [0.15, 0.2) is 5.16 Å². The molecule has 1 aliphatic heterocycles. The number of imidazole rings is 1. The van der Waals surface area contributed by atoms with Crippen LogP contribution < -0.4 is 0 Å². The van der Waals surface area contributed by atoms with Gasteiger partial charge in [-0.25, -0.2) is 9.37 Å². The topological polar surface area (TPSA) is 55.2 Å². The normalized spacial score (nSPS) is 13.3. The quantitative estimate of drug-likeness (QED) is 0.370. The first-order chi connectivity index (χ1) is 13.1. The van der Waals surface area contributed by atoms with Crippen molar-refractivity contribution in [3.63, 3.8) is 0 Å². The standard InChI is InChI=1S/C20H16FN3O2S/c21-14-5-3-6-15(13-14)23-11-9-22-20(23)27-12-4-10-24-18(25)16-7-1-2-8-17(16)19(24)26/h1-3,5-9,11,13H,4,10,12H2. The summed E-state index contributed by atoms with van der Waals surface area (Å²) in [5.74, 6) is -0.0915. The molecule has 1 aromatic heterocycles. The summed E-state index contributed by atoms with van der Waals surface area (Å²) in [5, 5.41) is 0.739. The van der Waals surface area contributed by atoms with Crippen molar-refractivity contribution >= 4 is 23.6 Å². The zero-order valence-electron chi connectivity index (χ0n) is 14.3. The van der Waals surface area contributed by atoms with Crippen molar-refractivity contribution in [3.8, 4) is 5.69 Å². The summed E-state index contributed by atoms with van der Waals surface area (Å²) in [6.07, 6.45) is 4.09. The molecule has 136 valence electrons. The van der Waals surface area contributed by atoms with Gasteiger partial charge in [-0.3, -0.25) is 19.1 Å². The van der Waals surface area contributed by atoms with Crippen molar-refractivity contribution < 1.29 is 14.0 Å². The van der Waals surface area contributed by atoms with Gasteiger partial charge in [0.1, 0.15) is 5.82 Å². The number of hydrogen-bond acceptors (Lipinski definition) is 4. The van der Waals surface area contributed by atoms with Crippen molar-refractivity contribution in [3.05, 3.63) is 77.9 Å². The summed E-state index contributed by atoms with van der Waals surface area (Å²) < 4.78 is 15.3. The number of halogens is 1. The maximum absolute atomic E-state index is 13.4. The number of rotatable bonds is 6. The number of nitrogens with zero attached hydrogens (tertiary/aromatic N) is 3. The van der Waals surface area contributed by atoms with Gasteiger partial charge in [0.2, 0.25) is 0 Å². The first-order valence-corrected chi connectivity index (χ1v) is 9.51. The lowest BCUT2D eigenvalue weighted by atomic mass is 10.1. The molecule has 2 heterocycles. The van der Waals surface area contributed by atoms with E-state index in [9.17, 15) is 14.0 Å². The average molecular weight is 381 g/mol. The van der Waals surface area contributed by atoms with Crippen molar-refractivity contribution in [2.24, 2.45) is 0 Å². The van der Waals surface area contributed by atoms with E-state index in [1.54, 1.807) is 42.7 Å². The minimum atomic E-state index is -0.303. The van der Waals surface area contributed by atoms with Gasteiger partial charge < -0.3 is 0 Å². The second-order valence-electron chi connectivity index (χ2n) is 6.07. The van der Waals surface area contributed by atoms with Crippen molar-refractivity contribution in [1.82, 2.24) is 14.5 Å². The van der Waals surface area contributed by atoms with Crippen LogP contribution in [0.15, 0.2) is 66.1 Å². The molecule has 1 aliphatic rings. The molecule has 7 heteroatoms. The summed E-state index contributed by atoms with van der Waals surface area (Å²) in [7, 11) is 0. The maximum atomic E-state index is 13.4. The van der Waals surface area contributed by atoms with Crippen LogP contribution in [-0.4, -0.2) is 38.6 Å². The van der Waals surface area contributed by atoms with Crippen LogP contribution in [0, 0.1) is 5.82 Å². The van der Waals surface area contributed by atoms with E-state index in [1.165, 1.54) is 28.8 Å². The Bertz CT molecular complexity index is 983. The lowest BCUT2D eigenvalue weighted by Crippen LogP contribution is -2.31. The fourth-order valence-electron chi connectivity index (χ4n) is 3.05. The largest absolute Gasteiger partial charge is 0.295 e. The fourth-order valence-corrected chi connectivity index (χ4v) is 3.94. The highest BCUT2D eigenvalue weighted by atomic mass is 32.2. The number of carbonyl (C=O) groups is 2. The highest BCUT2D eigenvalue weighted by Crippen LogP contribution is 2.24. The van der Waals surface area contributed by atoms with Crippen LogP contribution >= 0.6 is 11.8 Å². The Morgan fingerprint density at radius 1 is 1.00 bits per heavy atom. The third-order valence-electron chi connectivity index (χ3n) is 4.33. The van der Waals surface area contributed by atoms with E-state index in [2.05, 4.69) is 4.98 Å². The number of amides is 2. The van der Waals surface area contributed by atoms with Gasteiger partial charge in [0.05, 0.1) is 16.8 Å². The molecule has 0 atom stereocenters. The fraction of sp³-hybridized carbons (Fsp3) is 0.150. The molecule has 3 aromatic rings. The molecule has 0 N–H and O–H groups in total. The van der Waals surface area contributed by atoms with E-state index in [-0.39, 0.29) is 17.6 Å². The number of hydrogen-bond donors (Lipinski definition) is 0. The zero-order chi connectivity index (χ0) is 18.8. The van der Waals surface area contributed by atoms with Gasteiger partial charge >= 0.3 is 0 Å². The molecule has 0 bridgehead atoms. The summed E-state index contributed by atoms with van der Waals surface area (Å²) in [6, 6.07) is 13.2. The lowest BCUT2D eigenvalue weighted by Gasteiger charge is -2.13. The highest BCUT2D eigenvalue weighted by Gasteiger charge is 2.34. The van der Waals surface area contributed by atoms with Crippen LogP contribution in [0.1, 0.15) is 27.1 Å². The minimum absolute atomic E-state index is 0.234. The first-order valence-electron chi connectivity index (χ1n) is 8.52. The zero-order valence-corrected chi connectivity index (χ0v) is 15.2. The lowest BCUT2D eigenvalue weighted by molar-refractivity contribution is 0.0655. The predicted molar refractivity (Wildman–Crippen MR) is 101 cm³/mol. The van der Waals surface area contributed by atoms with E-state index in [0.717, 1.165) is 5.16 Å². The van der Waals surface area contributed by atoms with Crippen molar-refractivity contribution in [1.29, 1.82) is 0 Å².